The predicted molar refractivity (Wildman–Crippen MR) is 76.4 cm³/mol. The molecule has 98 valence electrons. The highest BCUT2D eigenvalue weighted by Crippen LogP contribution is 2.24. The average Bonchev–Trinajstić information content (AvgIpc) is 2.36. The van der Waals surface area contributed by atoms with Crippen LogP contribution in [0.5, 0.6) is 5.75 Å². The molecule has 0 saturated carbocycles. The Morgan fingerprint density at radius 2 is 2.22 bits per heavy atom. The van der Waals surface area contributed by atoms with E-state index in [2.05, 4.69) is 33.0 Å². The Morgan fingerprint density at radius 1 is 1.50 bits per heavy atom. The number of rotatable bonds is 6. The van der Waals surface area contributed by atoms with E-state index in [4.69, 9.17) is 10.00 Å². The summed E-state index contributed by atoms with van der Waals surface area (Å²) >= 11 is 3.47. The monoisotopic (exact) mass is 310 g/mol. The van der Waals surface area contributed by atoms with E-state index in [9.17, 15) is 0 Å². The van der Waals surface area contributed by atoms with Crippen molar-refractivity contribution < 1.29 is 4.74 Å². The molecule has 0 amide bonds. The van der Waals surface area contributed by atoms with E-state index in [1.807, 2.05) is 26.1 Å². The van der Waals surface area contributed by atoms with Crippen molar-refractivity contribution >= 4 is 15.9 Å². The molecule has 1 aromatic rings. The second kappa shape index (κ2) is 7.40. The smallest absolute Gasteiger partial charge is 0.123 e. The van der Waals surface area contributed by atoms with Crippen molar-refractivity contribution in [1.82, 2.24) is 4.90 Å². The largest absolute Gasteiger partial charge is 0.496 e. The van der Waals surface area contributed by atoms with Crippen LogP contribution >= 0.6 is 15.9 Å². The van der Waals surface area contributed by atoms with Gasteiger partial charge in [-0.2, -0.15) is 5.26 Å². The molecule has 0 N–H and O–H groups in total. The zero-order valence-corrected chi connectivity index (χ0v) is 12.7. The normalized spacial score (nSPS) is 12.2. The van der Waals surface area contributed by atoms with Crippen molar-refractivity contribution in [3.63, 3.8) is 0 Å². The fraction of sp³-hybridized carbons (Fsp3) is 0.500. The molecule has 1 rings (SSSR count). The first-order valence-electron chi connectivity index (χ1n) is 6.01. The quantitative estimate of drug-likeness (QED) is 0.807. The lowest BCUT2D eigenvalue weighted by atomic mass is 10.1. The number of nitrogens with zero attached hydrogens (tertiary/aromatic N) is 2. The maximum absolute atomic E-state index is 8.98. The molecule has 0 aliphatic carbocycles. The SMILES string of the molecule is CCC(C#N)CN(C)Cc1cc(Br)ccc1OC. The zero-order valence-electron chi connectivity index (χ0n) is 11.1. The Balaban J connectivity index is 2.72. The summed E-state index contributed by atoms with van der Waals surface area (Å²) in [6.45, 7) is 3.60. The summed E-state index contributed by atoms with van der Waals surface area (Å²) in [4.78, 5) is 2.15. The minimum atomic E-state index is 0.0909. The summed E-state index contributed by atoms with van der Waals surface area (Å²) in [7, 11) is 3.71. The van der Waals surface area contributed by atoms with Gasteiger partial charge in [0.1, 0.15) is 5.75 Å². The van der Waals surface area contributed by atoms with E-state index in [-0.39, 0.29) is 5.92 Å². The number of ether oxygens (including phenoxy) is 1. The fourth-order valence-electron chi connectivity index (χ4n) is 1.86. The van der Waals surface area contributed by atoms with Crippen molar-refractivity contribution in [3.05, 3.63) is 28.2 Å². The molecule has 0 fully saturated rings. The summed E-state index contributed by atoms with van der Waals surface area (Å²) in [5.41, 5.74) is 1.13. The molecule has 0 radical (unpaired) electrons. The molecule has 0 aromatic heterocycles. The fourth-order valence-corrected chi connectivity index (χ4v) is 2.27. The van der Waals surface area contributed by atoms with Gasteiger partial charge in [0.15, 0.2) is 0 Å². The molecule has 0 spiro atoms. The van der Waals surface area contributed by atoms with E-state index in [0.29, 0.717) is 0 Å². The molecular formula is C14H19BrN2O. The van der Waals surface area contributed by atoms with Crippen LogP contribution in [0.3, 0.4) is 0 Å². The Labute approximate surface area is 117 Å². The van der Waals surface area contributed by atoms with Crippen molar-refractivity contribution in [3.8, 4) is 11.8 Å². The number of methoxy groups -OCH3 is 1. The molecule has 1 unspecified atom stereocenters. The summed E-state index contributed by atoms with van der Waals surface area (Å²) in [5.74, 6) is 0.975. The van der Waals surface area contributed by atoms with Crippen molar-refractivity contribution in [2.75, 3.05) is 20.7 Å². The number of hydrogen-bond acceptors (Lipinski definition) is 3. The van der Waals surface area contributed by atoms with Gasteiger partial charge in [-0.3, -0.25) is 0 Å². The van der Waals surface area contributed by atoms with Crippen LogP contribution in [0.2, 0.25) is 0 Å². The number of halogens is 1. The van der Waals surface area contributed by atoms with E-state index in [1.54, 1.807) is 7.11 Å². The highest BCUT2D eigenvalue weighted by Gasteiger charge is 2.11. The molecule has 4 heteroatoms. The highest BCUT2D eigenvalue weighted by atomic mass is 79.9. The minimum absolute atomic E-state index is 0.0909. The van der Waals surface area contributed by atoms with Gasteiger partial charge in [0.2, 0.25) is 0 Å². The van der Waals surface area contributed by atoms with Crippen LogP contribution < -0.4 is 4.74 Å². The summed E-state index contributed by atoms with van der Waals surface area (Å²) in [6.07, 6.45) is 0.885. The van der Waals surface area contributed by atoms with Crippen molar-refractivity contribution in [1.29, 1.82) is 5.26 Å². The molecule has 0 aliphatic rings. The topological polar surface area (TPSA) is 36.3 Å². The van der Waals surface area contributed by atoms with Crippen LogP contribution in [0.4, 0.5) is 0 Å². The van der Waals surface area contributed by atoms with Gasteiger partial charge in [-0.25, -0.2) is 0 Å². The molecule has 3 nitrogen and oxygen atoms in total. The lowest BCUT2D eigenvalue weighted by Gasteiger charge is -2.20. The number of benzene rings is 1. The highest BCUT2D eigenvalue weighted by molar-refractivity contribution is 9.10. The summed E-state index contributed by atoms with van der Waals surface area (Å²) in [5, 5.41) is 8.98. The third-order valence-electron chi connectivity index (χ3n) is 2.89. The van der Waals surface area contributed by atoms with Gasteiger partial charge in [0.25, 0.3) is 0 Å². The van der Waals surface area contributed by atoms with E-state index in [1.165, 1.54) is 0 Å². The first-order valence-corrected chi connectivity index (χ1v) is 6.80. The van der Waals surface area contributed by atoms with E-state index < -0.39 is 0 Å². The maximum atomic E-state index is 8.98. The van der Waals surface area contributed by atoms with Crippen LogP contribution in [0, 0.1) is 17.2 Å². The van der Waals surface area contributed by atoms with Gasteiger partial charge in [0, 0.05) is 23.1 Å². The molecule has 1 aromatic carbocycles. The molecule has 0 bridgehead atoms. The van der Waals surface area contributed by atoms with Gasteiger partial charge in [-0.1, -0.05) is 22.9 Å². The molecule has 0 saturated heterocycles. The maximum Gasteiger partial charge on any atom is 0.123 e. The number of hydrogen-bond donors (Lipinski definition) is 0. The molecule has 18 heavy (non-hydrogen) atoms. The standard InChI is InChI=1S/C14H19BrN2O/c1-4-11(8-16)9-17(2)10-12-7-13(15)5-6-14(12)18-3/h5-7,11H,4,9-10H2,1-3H3. The second-order valence-corrected chi connectivity index (χ2v) is 5.30. The van der Waals surface area contributed by atoms with Crippen LogP contribution in [0.25, 0.3) is 0 Å². The third kappa shape index (κ3) is 4.32. The van der Waals surface area contributed by atoms with Crippen LogP contribution in [-0.4, -0.2) is 25.6 Å². The lowest BCUT2D eigenvalue weighted by Crippen LogP contribution is -2.24. The van der Waals surface area contributed by atoms with Gasteiger partial charge < -0.3 is 9.64 Å². The Kier molecular flexibility index (Phi) is 6.17. The summed E-state index contributed by atoms with van der Waals surface area (Å²) < 4.78 is 6.39. The predicted octanol–water partition coefficient (Wildman–Crippen LogP) is 3.44. The molecule has 0 aliphatic heterocycles. The van der Waals surface area contributed by atoms with Crippen LogP contribution in [-0.2, 0) is 6.54 Å². The number of nitriles is 1. The van der Waals surface area contributed by atoms with E-state index in [0.717, 1.165) is 35.3 Å². The zero-order chi connectivity index (χ0) is 13.5. The van der Waals surface area contributed by atoms with Crippen molar-refractivity contribution in [2.24, 2.45) is 5.92 Å². The molecule has 0 heterocycles. The van der Waals surface area contributed by atoms with Gasteiger partial charge in [-0.15, -0.1) is 0 Å². The molecular weight excluding hydrogens is 292 g/mol. The second-order valence-electron chi connectivity index (χ2n) is 4.39. The summed E-state index contributed by atoms with van der Waals surface area (Å²) in [6, 6.07) is 8.30. The van der Waals surface area contributed by atoms with Gasteiger partial charge in [-0.05, 0) is 31.7 Å². The Morgan fingerprint density at radius 3 is 2.78 bits per heavy atom. The van der Waals surface area contributed by atoms with E-state index >= 15 is 0 Å². The van der Waals surface area contributed by atoms with Crippen LogP contribution in [0.15, 0.2) is 22.7 Å². The Bertz CT molecular complexity index is 428. The Hall–Kier alpha value is -1.05. The first-order chi connectivity index (χ1) is 8.60. The minimum Gasteiger partial charge on any atom is -0.496 e. The molecule has 1 atom stereocenters. The lowest BCUT2D eigenvalue weighted by molar-refractivity contribution is 0.286. The first kappa shape index (κ1) is 15.0. The average molecular weight is 311 g/mol. The van der Waals surface area contributed by atoms with Crippen LogP contribution in [0.1, 0.15) is 18.9 Å². The van der Waals surface area contributed by atoms with Crippen molar-refractivity contribution in [2.45, 2.75) is 19.9 Å². The van der Waals surface area contributed by atoms with Gasteiger partial charge >= 0.3 is 0 Å². The van der Waals surface area contributed by atoms with Gasteiger partial charge in [0.05, 0.1) is 19.1 Å². The third-order valence-corrected chi connectivity index (χ3v) is 3.38.